The van der Waals surface area contributed by atoms with Crippen LogP contribution in [0.2, 0.25) is 0 Å². The fourth-order valence-corrected chi connectivity index (χ4v) is 2.76. The lowest BCUT2D eigenvalue weighted by Gasteiger charge is -2.30. The first-order valence-electron chi connectivity index (χ1n) is 8.09. The van der Waals surface area contributed by atoms with Gasteiger partial charge in [0.2, 0.25) is 0 Å². The third-order valence-corrected chi connectivity index (χ3v) is 4.19. The van der Waals surface area contributed by atoms with Crippen molar-refractivity contribution in [3.63, 3.8) is 0 Å². The lowest BCUT2D eigenvalue weighted by atomic mass is 9.99. The zero-order valence-corrected chi connectivity index (χ0v) is 13.1. The summed E-state index contributed by atoms with van der Waals surface area (Å²) in [5.74, 6) is 2.44. The minimum atomic E-state index is 0.736. The standard InChI is InChI=1S/C16H24N6/c1-14-4-10-21(11-5-14)8-2-6-18-15-12-17-13-16(20-15)22-9-3-7-19-22/h3,7,9,12-14H,2,4-6,8,10-11H2,1H3,(H,18,20). The molecule has 3 rings (SSSR count). The van der Waals surface area contributed by atoms with Gasteiger partial charge in [-0.05, 0) is 50.9 Å². The largest absolute Gasteiger partial charge is 0.369 e. The number of hydrogen-bond donors (Lipinski definition) is 1. The van der Waals surface area contributed by atoms with E-state index in [1.54, 1.807) is 23.3 Å². The average Bonchev–Trinajstić information content (AvgIpc) is 3.08. The van der Waals surface area contributed by atoms with Crippen molar-refractivity contribution in [3.8, 4) is 5.82 Å². The van der Waals surface area contributed by atoms with Crippen LogP contribution in [0.25, 0.3) is 5.82 Å². The van der Waals surface area contributed by atoms with Crippen molar-refractivity contribution in [3.05, 3.63) is 30.9 Å². The number of nitrogens with one attached hydrogen (secondary N) is 1. The van der Waals surface area contributed by atoms with Gasteiger partial charge in [0, 0.05) is 18.9 Å². The van der Waals surface area contributed by atoms with Crippen LogP contribution in [-0.4, -0.2) is 50.8 Å². The van der Waals surface area contributed by atoms with Crippen molar-refractivity contribution in [2.24, 2.45) is 5.92 Å². The summed E-state index contributed by atoms with van der Waals surface area (Å²) in [4.78, 5) is 11.3. The predicted molar refractivity (Wildman–Crippen MR) is 87.1 cm³/mol. The molecule has 6 heteroatoms. The highest BCUT2D eigenvalue weighted by molar-refractivity contribution is 5.35. The van der Waals surface area contributed by atoms with Crippen LogP contribution in [0.15, 0.2) is 30.9 Å². The summed E-state index contributed by atoms with van der Waals surface area (Å²) in [6.07, 6.45) is 10.9. The number of nitrogens with zero attached hydrogens (tertiary/aromatic N) is 5. The van der Waals surface area contributed by atoms with Crippen molar-refractivity contribution in [2.75, 3.05) is 31.5 Å². The maximum atomic E-state index is 4.52. The van der Waals surface area contributed by atoms with Gasteiger partial charge in [-0.1, -0.05) is 6.92 Å². The Morgan fingerprint density at radius 3 is 2.91 bits per heavy atom. The average molecular weight is 300 g/mol. The number of rotatable bonds is 6. The summed E-state index contributed by atoms with van der Waals surface area (Å²) >= 11 is 0. The van der Waals surface area contributed by atoms with Gasteiger partial charge in [-0.2, -0.15) is 5.10 Å². The number of piperidine rings is 1. The molecule has 6 nitrogen and oxygen atoms in total. The number of aromatic nitrogens is 4. The van der Waals surface area contributed by atoms with Crippen LogP contribution < -0.4 is 5.32 Å². The van der Waals surface area contributed by atoms with Gasteiger partial charge in [0.15, 0.2) is 5.82 Å². The Hall–Kier alpha value is -1.95. The predicted octanol–water partition coefficient (Wildman–Crippen LogP) is 2.20. The normalized spacial score (nSPS) is 16.8. The fourth-order valence-electron chi connectivity index (χ4n) is 2.76. The molecule has 22 heavy (non-hydrogen) atoms. The summed E-state index contributed by atoms with van der Waals surface area (Å²) in [7, 11) is 0. The summed E-state index contributed by atoms with van der Waals surface area (Å²) < 4.78 is 1.72. The third-order valence-electron chi connectivity index (χ3n) is 4.19. The molecule has 1 fully saturated rings. The van der Waals surface area contributed by atoms with Gasteiger partial charge in [-0.15, -0.1) is 0 Å². The maximum absolute atomic E-state index is 4.52. The molecular formula is C16H24N6. The van der Waals surface area contributed by atoms with Crippen LogP contribution in [0.1, 0.15) is 26.2 Å². The number of anilines is 1. The lowest BCUT2D eigenvalue weighted by Crippen LogP contribution is -2.34. The Labute approximate surface area is 131 Å². The quantitative estimate of drug-likeness (QED) is 0.829. The Balaban J connectivity index is 1.43. The van der Waals surface area contributed by atoms with Gasteiger partial charge in [0.05, 0.1) is 12.4 Å². The van der Waals surface area contributed by atoms with Gasteiger partial charge < -0.3 is 10.2 Å². The molecule has 0 aliphatic carbocycles. The summed E-state index contributed by atoms with van der Waals surface area (Å²) in [6.45, 7) is 6.92. The van der Waals surface area contributed by atoms with E-state index >= 15 is 0 Å². The van der Waals surface area contributed by atoms with Crippen molar-refractivity contribution in [2.45, 2.75) is 26.2 Å². The van der Waals surface area contributed by atoms with Gasteiger partial charge >= 0.3 is 0 Å². The van der Waals surface area contributed by atoms with Crippen LogP contribution in [-0.2, 0) is 0 Å². The second-order valence-electron chi connectivity index (χ2n) is 6.02. The molecule has 0 amide bonds. The smallest absolute Gasteiger partial charge is 0.173 e. The maximum Gasteiger partial charge on any atom is 0.173 e. The van der Waals surface area contributed by atoms with Crippen molar-refractivity contribution in [1.29, 1.82) is 0 Å². The van der Waals surface area contributed by atoms with E-state index in [0.717, 1.165) is 37.1 Å². The Morgan fingerprint density at radius 1 is 1.27 bits per heavy atom. The molecule has 2 aromatic rings. The Bertz CT molecular complexity index is 560. The van der Waals surface area contributed by atoms with Crippen LogP contribution in [0, 0.1) is 5.92 Å². The van der Waals surface area contributed by atoms with E-state index in [4.69, 9.17) is 0 Å². The molecular weight excluding hydrogens is 276 g/mol. The second-order valence-corrected chi connectivity index (χ2v) is 6.02. The summed E-state index contributed by atoms with van der Waals surface area (Å²) in [5, 5.41) is 7.52. The molecule has 1 N–H and O–H groups in total. The van der Waals surface area contributed by atoms with E-state index in [0.29, 0.717) is 0 Å². The zero-order valence-electron chi connectivity index (χ0n) is 13.1. The topological polar surface area (TPSA) is 58.9 Å². The van der Waals surface area contributed by atoms with Crippen molar-refractivity contribution in [1.82, 2.24) is 24.6 Å². The summed E-state index contributed by atoms with van der Waals surface area (Å²) in [5.41, 5.74) is 0. The van der Waals surface area contributed by atoms with Gasteiger partial charge in [0.25, 0.3) is 0 Å². The molecule has 1 saturated heterocycles. The van der Waals surface area contributed by atoms with Crippen LogP contribution >= 0.6 is 0 Å². The molecule has 1 aliphatic rings. The summed E-state index contributed by atoms with van der Waals surface area (Å²) in [6, 6.07) is 1.88. The molecule has 3 heterocycles. The molecule has 118 valence electrons. The van der Waals surface area contributed by atoms with Crippen LogP contribution in [0.3, 0.4) is 0 Å². The highest BCUT2D eigenvalue weighted by atomic mass is 15.3. The minimum Gasteiger partial charge on any atom is -0.369 e. The van der Waals surface area contributed by atoms with Crippen LogP contribution in [0.4, 0.5) is 5.82 Å². The first kappa shape index (κ1) is 15.0. The third kappa shape index (κ3) is 4.04. The molecule has 0 atom stereocenters. The van der Waals surface area contributed by atoms with E-state index in [2.05, 4.69) is 32.2 Å². The molecule has 0 unspecified atom stereocenters. The van der Waals surface area contributed by atoms with Crippen LogP contribution in [0.5, 0.6) is 0 Å². The molecule has 2 aromatic heterocycles. The minimum absolute atomic E-state index is 0.736. The molecule has 1 aliphatic heterocycles. The van der Waals surface area contributed by atoms with E-state index in [-0.39, 0.29) is 0 Å². The lowest BCUT2D eigenvalue weighted by molar-refractivity contribution is 0.192. The molecule has 0 bridgehead atoms. The van der Waals surface area contributed by atoms with E-state index in [1.165, 1.54) is 25.9 Å². The van der Waals surface area contributed by atoms with Crippen molar-refractivity contribution >= 4 is 5.82 Å². The van der Waals surface area contributed by atoms with Gasteiger partial charge in [0.1, 0.15) is 5.82 Å². The molecule has 0 saturated carbocycles. The molecule has 0 spiro atoms. The van der Waals surface area contributed by atoms with E-state index in [9.17, 15) is 0 Å². The molecule has 0 aromatic carbocycles. The first-order valence-corrected chi connectivity index (χ1v) is 8.09. The van der Waals surface area contributed by atoms with Gasteiger partial charge in [-0.3, -0.25) is 4.98 Å². The molecule has 0 radical (unpaired) electrons. The Kier molecular flexibility index (Phi) is 5.00. The highest BCUT2D eigenvalue weighted by Gasteiger charge is 2.14. The van der Waals surface area contributed by atoms with Gasteiger partial charge in [-0.25, -0.2) is 9.67 Å². The van der Waals surface area contributed by atoms with E-state index in [1.807, 2.05) is 12.3 Å². The SMILES string of the molecule is CC1CCN(CCCNc2cncc(-n3cccn3)n2)CC1. The highest BCUT2D eigenvalue weighted by Crippen LogP contribution is 2.15. The van der Waals surface area contributed by atoms with E-state index < -0.39 is 0 Å². The van der Waals surface area contributed by atoms with Crippen molar-refractivity contribution < 1.29 is 0 Å². The number of likely N-dealkylation sites (tertiary alicyclic amines) is 1. The second kappa shape index (κ2) is 7.35. The number of hydrogen-bond acceptors (Lipinski definition) is 5. The monoisotopic (exact) mass is 300 g/mol. The Morgan fingerprint density at radius 2 is 2.14 bits per heavy atom. The first-order chi connectivity index (χ1) is 10.8. The fraction of sp³-hybridized carbons (Fsp3) is 0.562. The zero-order chi connectivity index (χ0) is 15.2.